The lowest BCUT2D eigenvalue weighted by Crippen LogP contribution is -2.46. The normalized spacial score (nSPS) is 19.8. The summed E-state index contributed by atoms with van der Waals surface area (Å²) >= 11 is 7.08. The van der Waals surface area contributed by atoms with Gasteiger partial charge in [-0.3, -0.25) is 4.79 Å². The van der Waals surface area contributed by atoms with Crippen LogP contribution in [-0.2, 0) is 4.79 Å². The quantitative estimate of drug-likeness (QED) is 0.600. The summed E-state index contributed by atoms with van der Waals surface area (Å²) in [4.78, 5) is 17.2. The summed E-state index contributed by atoms with van der Waals surface area (Å²) in [6.07, 6.45) is 0.429. The van der Waals surface area contributed by atoms with Crippen molar-refractivity contribution in [2.75, 3.05) is 12.4 Å². The van der Waals surface area contributed by atoms with Crippen LogP contribution in [0.3, 0.4) is 0 Å². The van der Waals surface area contributed by atoms with E-state index in [1.807, 2.05) is 30.3 Å². The second-order valence-corrected chi connectivity index (χ2v) is 7.90. The van der Waals surface area contributed by atoms with Crippen LogP contribution in [0.4, 0.5) is 10.1 Å². The molecule has 0 saturated carbocycles. The Bertz CT molecular complexity index is 1020. The second-order valence-electron chi connectivity index (χ2n) is 6.50. The third kappa shape index (κ3) is 4.43. The number of hydrogen-bond donors (Lipinski definition) is 2. The Morgan fingerprint density at radius 1 is 1.34 bits per heavy atom. The van der Waals surface area contributed by atoms with Crippen LogP contribution in [-0.4, -0.2) is 33.4 Å². The zero-order valence-corrected chi connectivity index (χ0v) is 16.9. The largest absolute Gasteiger partial charge is 0.334 e. The minimum Gasteiger partial charge on any atom is -0.334 e. The topological polar surface area (TPSA) is 83.3 Å². The summed E-state index contributed by atoms with van der Waals surface area (Å²) in [5.41, 5.74) is 1.26. The summed E-state index contributed by atoms with van der Waals surface area (Å²) in [5, 5.41) is 6.80. The van der Waals surface area contributed by atoms with Crippen molar-refractivity contribution in [2.24, 2.45) is 0 Å². The number of nitrogens with zero attached hydrogens (tertiary/aromatic N) is 3. The van der Waals surface area contributed by atoms with Gasteiger partial charge < -0.3 is 9.84 Å². The van der Waals surface area contributed by atoms with Crippen LogP contribution in [0.1, 0.15) is 18.3 Å². The van der Waals surface area contributed by atoms with Crippen LogP contribution in [0.15, 0.2) is 53.1 Å². The number of likely N-dealkylation sites (N-methyl/N-ethyl adjacent to an activating group) is 1. The Morgan fingerprint density at radius 3 is 2.90 bits per heavy atom. The molecule has 3 aromatic rings. The fourth-order valence-electron chi connectivity index (χ4n) is 2.93. The number of carbonyl (C=O) groups excluding carboxylic acids is 1. The van der Waals surface area contributed by atoms with E-state index in [0.717, 1.165) is 5.56 Å². The first-order chi connectivity index (χ1) is 14.0. The Morgan fingerprint density at radius 2 is 2.14 bits per heavy atom. The smallest absolute Gasteiger partial charge is 0.257 e. The highest BCUT2D eigenvalue weighted by molar-refractivity contribution is 7.95. The van der Waals surface area contributed by atoms with Crippen LogP contribution in [0.25, 0.3) is 11.5 Å². The molecular weight excluding hydrogens is 417 g/mol. The first-order valence-corrected chi connectivity index (χ1v) is 9.96. The molecule has 2 N–H and O–H groups in total. The molecule has 0 bridgehead atoms. The van der Waals surface area contributed by atoms with E-state index >= 15 is 0 Å². The highest BCUT2D eigenvalue weighted by Crippen LogP contribution is 2.31. The van der Waals surface area contributed by atoms with E-state index in [4.69, 9.17) is 16.1 Å². The van der Waals surface area contributed by atoms with Gasteiger partial charge in [0.25, 0.3) is 5.89 Å². The standard InChI is InChI=1S/C19H17ClFN5O2S/c1-26-16(18(27)22-12-7-8-14(21)13(20)9-12)10-15(25-29-26)17-23-19(28-24-17)11-5-3-2-4-6-11/h2-9,15-16,25H,10H2,1H3,(H,22,27). The minimum atomic E-state index is -0.536. The van der Waals surface area contributed by atoms with Crippen molar-refractivity contribution in [2.45, 2.75) is 18.5 Å². The Balaban J connectivity index is 1.47. The fraction of sp³-hybridized carbons (Fsp3) is 0.211. The van der Waals surface area contributed by atoms with Gasteiger partial charge in [-0.25, -0.2) is 13.4 Å². The Hall–Kier alpha value is -2.46. The molecule has 0 spiro atoms. The van der Waals surface area contributed by atoms with E-state index in [1.165, 1.54) is 30.3 Å². The molecule has 1 aromatic heterocycles. The summed E-state index contributed by atoms with van der Waals surface area (Å²) in [7, 11) is 1.81. The van der Waals surface area contributed by atoms with Gasteiger partial charge in [-0.2, -0.15) is 4.98 Å². The number of rotatable bonds is 4. The van der Waals surface area contributed by atoms with E-state index in [9.17, 15) is 9.18 Å². The van der Waals surface area contributed by atoms with E-state index in [1.54, 1.807) is 11.4 Å². The summed E-state index contributed by atoms with van der Waals surface area (Å²) in [6.45, 7) is 0. The van der Waals surface area contributed by atoms with Crippen LogP contribution < -0.4 is 10.0 Å². The maximum atomic E-state index is 13.3. The number of anilines is 1. The average molecular weight is 434 g/mol. The van der Waals surface area contributed by atoms with Gasteiger partial charge in [0.15, 0.2) is 5.82 Å². The van der Waals surface area contributed by atoms with Crippen LogP contribution in [0.5, 0.6) is 0 Å². The van der Waals surface area contributed by atoms with Gasteiger partial charge >= 0.3 is 0 Å². The first-order valence-electron chi connectivity index (χ1n) is 8.81. The highest BCUT2D eigenvalue weighted by atomic mass is 35.5. The first kappa shape index (κ1) is 19.8. The number of benzene rings is 2. The summed E-state index contributed by atoms with van der Waals surface area (Å²) < 4.78 is 23.7. The number of nitrogens with one attached hydrogen (secondary N) is 2. The lowest BCUT2D eigenvalue weighted by atomic mass is 10.1. The van der Waals surface area contributed by atoms with Crippen molar-refractivity contribution in [3.05, 3.63) is 65.2 Å². The van der Waals surface area contributed by atoms with Gasteiger partial charge in [0, 0.05) is 23.4 Å². The summed E-state index contributed by atoms with van der Waals surface area (Å²) in [6, 6.07) is 12.8. The van der Waals surface area contributed by atoms with Crippen LogP contribution in [0, 0.1) is 5.82 Å². The van der Waals surface area contributed by atoms with Crippen molar-refractivity contribution in [3.8, 4) is 11.5 Å². The zero-order valence-electron chi connectivity index (χ0n) is 15.3. The third-order valence-electron chi connectivity index (χ3n) is 4.50. The van der Waals surface area contributed by atoms with E-state index in [0.29, 0.717) is 23.8 Å². The predicted octanol–water partition coefficient (Wildman–Crippen LogP) is 4.07. The maximum absolute atomic E-state index is 13.3. The third-order valence-corrected chi connectivity index (χ3v) is 5.72. The van der Waals surface area contributed by atoms with Crippen molar-refractivity contribution in [1.82, 2.24) is 19.2 Å². The lowest BCUT2D eigenvalue weighted by molar-refractivity contribution is -0.119. The van der Waals surface area contributed by atoms with Gasteiger partial charge in [0.2, 0.25) is 5.91 Å². The molecule has 10 heteroatoms. The predicted molar refractivity (Wildman–Crippen MR) is 109 cm³/mol. The van der Waals surface area contributed by atoms with Gasteiger partial charge in [-0.15, -0.1) is 0 Å². The van der Waals surface area contributed by atoms with Crippen molar-refractivity contribution >= 4 is 35.3 Å². The molecule has 7 nitrogen and oxygen atoms in total. The van der Waals surface area contributed by atoms with Gasteiger partial charge in [0.1, 0.15) is 11.9 Å². The molecular formula is C19H17ClFN5O2S. The summed E-state index contributed by atoms with van der Waals surface area (Å²) in [5.74, 6) is 0.131. The number of hydrogen-bond acceptors (Lipinski definition) is 7. The SMILES string of the molecule is CN1SNC(c2noc(-c3ccccc3)n2)CC1C(=O)Nc1ccc(F)c(Cl)c1. The van der Waals surface area contributed by atoms with Gasteiger partial charge in [-0.1, -0.05) is 35.0 Å². The molecule has 1 amide bonds. The molecule has 1 aliphatic rings. The molecule has 0 aliphatic carbocycles. The van der Waals surface area contributed by atoms with Crippen molar-refractivity contribution in [1.29, 1.82) is 0 Å². The van der Waals surface area contributed by atoms with Crippen molar-refractivity contribution in [3.63, 3.8) is 0 Å². The second kappa shape index (κ2) is 8.50. The molecule has 0 radical (unpaired) electrons. The number of aromatic nitrogens is 2. The maximum Gasteiger partial charge on any atom is 0.257 e. The molecule has 2 aromatic carbocycles. The molecule has 1 aliphatic heterocycles. The van der Waals surface area contributed by atoms with Crippen LogP contribution in [0.2, 0.25) is 5.02 Å². The van der Waals surface area contributed by atoms with E-state index in [2.05, 4.69) is 20.2 Å². The molecule has 2 heterocycles. The molecule has 1 fully saturated rings. The van der Waals surface area contributed by atoms with E-state index < -0.39 is 11.9 Å². The molecule has 2 unspecified atom stereocenters. The molecule has 29 heavy (non-hydrogen) atoms. The monoisotopic (exact) mass is 433 g/mol. The minimum absolute atomic E-state index is 0.0473. The van der Waals surface area contributed by atoms with E-state index in [-0.39, 0.29) is 17.0 Å². The molecule has 4 rings (SSSR count). The van der Waals surface area contributed by atoms with Gasteiger partial charge in [0.05, 0.1) is 11.1 Å². The Labute approximate surface area is 175 Å². The average Bonchev–Trinajstić information content (AvgIpc) is 3.22. The van der Waals surface area contributed by atoms with Crippen molar-refractivity contribution < 1.29 is 13.7 Å². The van der Waals surface area contributed by atoms with Gasteiger partial charge in [-0.05, 0) is 43.8 Å². The molecule has 2 atom stereocenters. The van der Waals surface area contributed by atoms with Crippen LogP contribution >= 0.6 is 23.7 Å². The Kier molecular flexibility index (Phi) is 5.81. The highest BCUT2D eigenvalue weighted by Gasteiger charge is 2.35. The zero-order chi connectivity index (χ0) is 20.4. The number of carbonyl (C=O) groups is 1. The fourth-order valence-corrected chi connectivity index (χ4v) is 3.92. The number of halogens is 2. The molecule has 150 valence electrons. The lowest BCUT2D eigenvalue weighted by Gasteiger charge is -2.34. The molecule has 1 saturated heterocycles. The number of amides is 1.